The van der Waals surface area contributed by atoms with Crippen molar-refractivity contribution in [2.75, 3.05) is 26.9 Å². The van der Waals surface area contributed by atoms with E-state index in [1.54, 1.807) is 13.4 Å². The lowest BCUT2D eigenvalue weighted by Gasteiger charge is -2.30. The second-order valence-electron chi connectivity index (χ2n) is 5.71. The number of nitrogens with zero attached hydrogens (tertiary/aromatic N) is 3. The summed E-state index contributed by atoms with van der Waals surface area (Å²) >= 11 is 0. The lowest BCUT2D eigenvalue weighted by molar-refractivity contribution is 0.165. The van der Waals surface area contributed by atoms with Crippen molar-refractivity contribution in [1.29, 1.82) is 0 Å². The van der Waals surface area contributed by atoms with Crippen LogP contribution in [0, 0.1) is 0 Å². The first-order valence-electron chi connectivity index (χ1n) is 7.81. The van der Waals surface area contributed by atoms with E-state index in [4.69, 9.17) is 14.2 Å². The summed E-state index contributed by atoms with van der Waals surface area (Å²) in [6.07, 6.45) is 2.48. The van der Waals surface area contributed by atoms with Gasteiger partial charge in [0.05, 0.1) is 12.8 Å². The molecule has 1 aromatic carbocycles. The van der Waals surface area contributed by atoms with Crippen molar-refractivity contribution in [2.24, 2.45) is 0 Å². The molecular formula is C17H19N3O3. The second-order valence-corrected chi connectivity index (χ2v) is 5.71. The normalized spacial score (nSPS) is 16.7. The zero-order valence-corrected chi connectivity index (χ0v) is 13.1. The second kappa shape index (κ2) is 6.04. The number of para-hydroxylation sites is 1. The molecule has 0 amide bonds. The zero-order chi connectivity index (χ0) is 15.6. The number of benzene rings is 1. The number of hydrogen-bond acceptors (Lipinski definition) is 6. The van der Waals surface area contributed by atoms with E-state index in [2.05, 4.69) is 20.9 Å². The zero-order valence-electron chi connectivity index (χ0n) is 13.1. The van der Waals surface area contributed by atoms with E-state index in [1.807, 2.05) is 12.1 Å². The molecule has 6 nitrogen and oxygen atoms in total. The molecule has 0 radical (unpaired) electrons. The molecule has 0 fully saturated rings. The van der Waals surface area contributed by atoms with Crippen molar-refractivity contribution in [3.05, 3.63) is 41.3 Å². The van der Waals surface area contributed by atoms with Crippen LogP contribution in [-0.4, -0.2) is 41.7 Å². The van der Waals surface area contributed by atoms with E-state index >= 15 is 0 Å². The van der Waals surface area contributed by atoms with Crippen LogP contribution in [-0.2, 0) is 19.5 Å². The molecule has 0 unspecified atom stereocenters. The van der Waals surface area contributed by atoms with Crippen molar-refractivity contribution in [2.45, 2.75) is 19.5 Å². The maximum Gasteiger partial charge on any atom is 0.220 e. The maximum absolute atomic E-state index is 5.81. The van der Waals surface area contributed by atoms with Gasteiger partial charge in [-0.15, -0.1) is 0 Å². The number of ether oxygens (including phenoxy) is 3. The van der Waals surface area contributed by atoms with Crippen molar-refractivity contribution in [3.63, 3.8) is 0 Å². The summed E-state index contributed by atoms with van der Waals surface area (Å²) in [5.41, 5.74) is 3.33. The molecule has 0 saturated heterocycles. The third-order valence-electron chi connectivity index (χ3n) is 4.28. The summed E-state index contributed by atoms with van der Waals surface area (Å²) < 4.78 is 16.9. The first kappa shape index (κ1) is 14.3. The van der Waals surface area contributed by atoms with E-state index in [9.17, 15) is 0 Å². The molecule has 0 N–H and O–H groups in total. The van der Waals surface area contributed by atoms with E-state index in [1.165, 1.54) is 0 Å². The average molecular weight is 313 g/mol. The molecule has 1 aromatic heterocycles. The fourth-order valence-corrected chi connectivity index (χ4v) is 3.18. The predicted molar refractivity (Wildman–Crippen MR) is 83.8 cm³/mol. The molecule has 4 rings (SSSR count). The summed E-state index contributed by atoms with van der Waals surface area (Å²) in [7, 11) is 1.65. The smallest absolute Gasteiger partial charge is 0.220 e. The number of fused-ring (bicyclic) bond motifs is 2. The van der Waals surface area contributed by atoms with E-state index in [-0.39, 0.29) is 0 Å². The molecule has 0 atom stereocenters. The molecule has 2 aromatic rings. The van der Waals surface area contributed by atoms with Gasteiger partial charge in [0.1, 0.15) is 19.5 Å². The average Bonchev–Trinajstić information content (AvgIpc) is 2.61. The lowest BCUT2D eigenvalue weighted by atomic mass is 10.1. The Bertz CT molecular complexity index is 706. The largest absolute Gasteiger partial charge is 0.486 e. The highest BCUT2D eigenvalue weighted by Gasteiger charge is 2.24. The Morgan fingerprint density at radius 3 is 3.04 bits per heavy atom. The highest BCUT2D eigenvalue weighted by molar-refractivity contribution is 5.47. The van der Waals surface area contributed by atoms with Gasteiger partial charge in [0.15, 0.2) is 11.5 Å². The van der Waals surface area contributed by atoms with E-state index in [0.717, 1.165) is 54.4 Å². The molecule has 6 heteroatoms. The number of hydrogen-bond donors (Lipinski definition) is 0. The topological polar surface area (TPSA) is 56.7 Å². The summed E-state index contributed by atoms with van der Waals surface area (Å²) in [6, 6.07) is 6.08. The molecule has 0 saturated carbocycles. The van der Waals surface area contributed by atoms with Crippen LogP contribution in [0.15, 0.2) is 24.5 Å². The molecule has 0 aliphatic carbocycles. The summed E-state index contributed by atoms with van der Waals surface area (Å²) in [4.78, 5) is 11.0. The predicted octanol–water partition coefficient (Wildman–Crippen LogP) is 1.81. The SMILES string of the molecule is COc1ncnc2c1CN(Cc1cccc3c1OCCO3)CC2. The molecule has 0 bridgehead atoms. The summed E-state index contributed by atoms with van der Waals surface area (Å²) in [6.45, 7) is 3.77. The molecular weight excluding hydrogens is 294 g/mol. The molecule has 2 aliphatic heterocycles. The molecule has 2 aliphatic rings. The Morgan fingerprint density at radius 2 is 2.13 bits per heavy atom. The van der Waals surface area contributed by atoms with Crippen LogP contribution in [0.2, 0.25) is 0 Å². The van der Waals surface area contributed by atoms with Crippen molar-refractivity contribution in [1.82, 2.24) is 14.9 Å². The minimum atomic E-state index is 0.606. The Morgan fingerprint density at radius 1 is 1.22 bits per heavy atom. The molecule has 0 spiro atoms. The Kier molecular flexibility index (Phi) is 3.75. The Hall–Kier alpha value is -2.34. The van der Waals surface area contributed by atoms with Gasteiger partial charge in [-0.25, -0.2) is 9.97 Å². The minimum absolute atomic E-state index is 0.606. The standard InChI is InChI=1S/C17H19N3O3/c1-21-17-13-10-20(6-5-14(13)18-11-19-17)9-12-3-2-4-15-16(12)23-8-7-22-15/h2-4,11H,5-10H2,1H3. The summed E-state index contributed by atoms with van der Waals surface area (Å²) in [5, 5.41) is 0. The van der Waals surface area contributed by atoms with Gasteiger partial charge in [-0.1, -0.05) is 12.1 Å². The monoisotopic (exact) mass is 313 g/mol. The fourth-order valence-electron chi connectivity index (χ4n) is 3.18. The quantitative estimate of drug-likeness (QED) is 0.861. The molecule has 3 heterocycles. The van der Waals surface area contributed by atoms with Crippen LogP contribution in [0.3, 0.4) is 0 Å². The number of aromatic nitrogens is 2. The first-order chi connectivity index (χ1) is 11.3. The van der Waals surface area contributed by atoms with Gasteiger partial charge in [0.2, 0.25) is 5.88 Å². The third kappa shape index (κ3) is 2.70. The number of methoxy groups -OCH3 is 1. The molecule has 120 valence electrons. The summed E-state index contributed by atoms with van der Waals surface area (Å²) in [5.74, 6) is 2.39. The van der Waals surface area contributed by atoms with Crippen molar-refractivity contribution in [3.8, 4) is 17.4 Å². The van der Waals surface area contributed by atoms with Crippen LogP contribution in [0.1, 0.15) is 16.8 Å². The fraction of sp³-hybridized carbons (Fsp3) is 0.412. The Balaban J connectivity index is 1.57. The minimum Gasteiger partial charge on any atom is -0.486 e. The van der Waals surface area contributed by atoms with Crippen molar-refractivity contribution >= 4 is 0 Å². The highest BCUT2D eigenvalue weighted by Crippen LogP contribution is 2.35. The maximum atomic E-state index is 5.81. The van der Waals surface area contributed by atoms with Gasteiger partial charge in [0.25, 0.3) is 0 Å². The lowest BCUT2D eigenvalue weighted by Crippen LogP contribution is -2.31. The van der Waals surface area contributed by atoms with Crippen molar-refractivity contribution < 1.29 is 14.2 Å². The van der Waals surface area contributed by atoms with Gasteiger partial charge in [-0.2, -0.15) is 0 Å². The molecule has 23 heavy (non-hydrogen) atoms. The van der Waals surface area contributed by atoms with Gasteiger partial charge in [-0.3, -0.25) is 4.90 Å². The first-order valence-corrected chi connectivity index (χ1v) is 7.81. The van der Waals surface area contributed by atoms with Gasteiger partial charge >= 0.3 is 0 Å². The van der Waals surface area contributed by atoms with Crippen LogP contribution < -0.4 is 14.2 Å². The third-order valence-corrected chi connectivity index (χ3v) is 4.28. The van der Waals surface area contributed by atoms with Crippen LogP contribution >= 0.6 is 0 Å². The number of rotatable bonds is 3. The Labute approximate surface area is 135 Å². The van der Waals surface area contributed by atoms with Crippen LogP contribution in [0.4, 0.5) is 0 Å². The van der Waals surface area contributed by atoms with Gasteiger partial charge in [-0.05, 0) is 6.07 Å². The highest BCUT2D eigenvalue weighted by atomic mass is 16.6. The van der Waals surface area contributed by atoms with Crippen LogP contribution in [0.25, 0.3) is 0 Å². The van der Waals surface area contributed by atoms with Gasteiger partial charge < -0.3 is 14.2 Å². The van der Waals surface area contributed by atoms with Gasteiger partial charge in [0, 0.05) is 37.2 Å². The van der Waals surface area contributed by atoms with Crippen LogP contribution in [0.5, 0.6) is 17.4 Å². The van der Waals surface area contributed by atoms with E-state index < -0.39 is 0 Å². The van der Waals surface area contributed by atoms with E-state index in [0.29, 0.717) is 19.1 Å².